The van der Waals surface area contributed by atoms with Crippen LogP contribution >= 0.6 is 11.8 Å². The number of amides is 1. The summed E-state index contributed by atoms with van der Waals surface area (Å²) in [5.74, 6) is -2.18. The van der Waals surface area contributed by atoms with E-state index >= 15 is 0 Å². The minimum Gasteiger partial charge on any atom is -0.321 e. The second kappa shape index (κ2) is 7.75. The van der Waals surface area contributed by atoms with Crippen LogP contribution in [0.4, 0.5) is 14.5 Å². The van der Waals surface area contributed by atoms with Crippen LogP contribution in [-0.2, 0) is 0 Å². The van der Waals surface area contributed by atoms with E-state index < -0.39 is 17.5 Å². The highest BCUT2D eigenvalue weighted by molar-refractivity contribution is 8.00. The third kappa shape index (κ3) is 4.54. The van der Waals surface area contributed by atoms with Gasteiger partial charge in [-0.05, 0) is 30.3 Å². The van der Waals surface area contributed by atoms with Gasteiger partial charge in [-0.2, -0.15) is 5.26 Å². The van der Waals surface area contributed by atoms with Gasteiger partial charge >= 0.3 is 0 Å². The first kappa shape index (κ1) is 17.0. The molecule has 23 heavy (non-hydrogen) atoms. The normalized spacial score (nSPS) is 11.6. The Labute approximate surface area is 137 Å². The minimum atomic E-state index is -0.785. The molecule has 118 valence electrons. The Morgan fingerprint density at radius 1 is 1.30 bits per heavy atom. The van der Waals surface area contributed by atoms with Crippen molar-refractivity contribution in [1.82, 2.24) is 0 Å². The standard InChI is InChI=1S/C17H14F2N2OS/c1-11(8-9-20)23-16-5-3-2-4-15(16)21-17(22)13-10-12(18)6-7-14(13)19/h2-7,10-11H,8H2,1H3,(H,21,22). The molecule has 2 aromatic rings. The quantitative estimate of drug-likeness (QED) is 0.813. The number of anilines is 1. The van der Waals surface area contributed by atoms with Gasteiger partial charge in [0.2, 0.25) is 0 Å². The maximum atomic E-state index is 13.7. The minimum absolute atomic E-state index is 0.0453. The average Bonchev–Trinajstić information content (AvgIpc) is 2.51. The van der Waals surface area contributed by atoms with E-state index in [1.165, 1.54) is 11.8 Å². The third-order valence-electron chi connectivity index (χ3n) is 3.02. The lowest BCUT2D eigenvalue weighted by Gasteiger charge is -2.13. The zero-order valence-electron chi connectivity index (χ0n) is 12.3. The van der Waals surface area contributed by atoms with Gasteiger partial charge in [0.15, 0.2) is 0 Å². The van der Waals surface area contributed by atoms with Gasteiger partial charge in [-0.1, -0.05) is 19.1 Å². The van der Waals surface area contributed by atoms with E-state index in [0.717, 1.165) is 23.1 Å². The first-order valence-corrected chi connectivity index (χ1v) is 7.78. The Kier molecular flexibility index (Phi) is 5.72. The van der Waals surface area contributed by atoms with E-state index in [0.29, 0.717) is 12.1 Å². The highest BCUT2D eigenvalue weighted by atomic mass is 32.2. The van der Waals surface area contributed by atoms with Crippen molar-refractivity contribution in [2.75, 3.05) is 5.32 Å². The number of nitrogens with zero attached hydrogens (tertiary/aromatic N) is 1. The second-order valence-electron chi connectivity index (χ2n) is 4.87. The SMILES string of the molecule is CC(CC#N)Sc1ccccc1NC(=O)c1cc(F)ccc1F. The van der Waals surface area contributed by atoms with E-state index in [1.807, 2.05) is 6.92 Å². The van der Waals surface area contributed by atoms with Crippen molar-refractivity contribution in [3.63, 3.8) is 0 Å². The molecular weight excluding hydrogens is 318 g/mol. The number of nitriles is 1. The molecule has 0 aromatic heterocycles. The molecule has 0 bridgehead atoms. The molecule has 0 saturated carbocycles. The number of hydrogen-bond acceptors (Lipinski definition) is 3. The number of benzene rings is 2. The zero-order valence-corrected chi connectivity index (χ0v) is 13.2. The number of carbonyl (C=O) groups is 1. The lowest BCUT2D eigenvalue weighted by molar-refractivity contribution is 0.102. The van der Waals surface area contributed by atoms with Crippen molar-refractivity contribution in [1.29, 1.82) is 5.26 Å². The molecule has 0 radical (unpaired) electrons. The molecule has 3 nitrogen and oxygen atoms in total. The van der Waals surface area contributed by atoms with E-state index in [9.17, 15) is 13.6 Å². The van der Waals surface area contributed by atoms with Gasteiger partial charge in [0.25, 0.3) is 5.91 Å². The monoisotopic (exact) mass is 332 g/mol. The molecular formula is C17H14F2N2OS. The molecule has 0 spiro atoms. The van der Waals surface area contributed by atoms with Gasteiger partial charge in [0.05, 0.1) is 17.3 Å². The first-order valence-electron chi connectivity index (χ1n) is 6.90. The van der Waals surface area contributed by atoms with Crippen LogP contribution in [-0.4, -0.2) is 11.2 Å². The van der Waals surface area contributed by atoms with Crippen LogP contribution in [0.2, 0.25) is 0 Å². The molecule has 2 aromatic carbocycles. The molecule has 2 rings (SSSR count). The van der Waals surface area contributed by atoms with E-state index in [-0.39, 0.29) is 10.8 Å². The van der Waals surface area contributed by atoms with Gasteiger partial charge in [0, 0.05) is 16.6 Å². The summed E-state index contributed by atoms with van der Waals surface area (Å²) < 4.78 is 26.9. The smallest absolute Gasteiger partial charge is 0.258 e. The summed E-state index contributed by atoms with van der Waals surface area (Å²) in [5.41, 5.74) is 0.144. The van der Waals surface area contributed by atoms with Crippen LogP contribution in [0.5, 0.6) is 0 Å². The van der Waals surface area contributed by atoms with Crippen LogP contribution in [0.25, 0.3) is 0 Å². The van der Waals surface area contributed by atoms with Gasteiger partial charge in [-0.25, -0.2) is 8.78 Å². The summed E-state index contributed by atoms with van der Waals surface area (Å²) in [7, 11) is 0. The van der Waals surface area contributed by atoms with Crippen molar-refractivity contribution >= 4 is 23.4 Å². The predicted octanol–water partition coefficient (Wildman–Crippen LogP) is 4.61. The summed E-state index contributed by atoms with van der Waals surface area (Å²) in [6.07, 6.45) is 0.367. The Hall–Kier alpha value is -2.39. The van der Waals surface area contributed by atoms with Gasteiger partial charge in [-0.3, -0.25) is 4.79 Å². The highest BCUT2D eigenvalue weighted by Crippen LogP contribution is 2.31. The molecule has 1 unspecified atom stereocenters. The zero-order chi connectivity index (χ0) is 16.8. The van der Waals surface area contributed by atoms with Crippen LogP contribution in [0.1, 0.15) is 23.7 Å². The molecule has 0 aliphatic rings. The molecule has 1 amide bonds. The van der Waals surface area contributed by atoms with Crippen LogP contribution in [0.15, 0.2) is 47.4 Å². The van der Waals surface area contributed by atoms with Gasteiger partial charge in [-0.15, -0.1) is 11.8 Å². The maximum Gasteiger partial charge on any atom is 0.258 e. The maximum absolute atomic E-state index is 13.7. The fourth-order valence-corrected chi connectivity index (χ4v) is 2.92. The number of carbonyl (C=O) groups excluding carboxylic acids is 1. The van der Waals surface area contributed by atoms with Crippen LogP contribution in [0, 0.1) is 23.0 Å². The van der Waals surface area contributed by atoms with E-state index in [2.05, 4.69) is 11.4 Å². The summed E-state index contributed by atoms with van der Waals surface area (Å²) >= 11 is 1.43. The Balaban J connectivity index is 2.21. The lowest BCUT2D eigenvalue weighted by Crippen LogP contribution is -2.15. The number of rotatable bonds is 5. The number of hydrogen-bond donors (Lipinski definition) is 1. The topological polar surface area (TPSA) is 52.9 Å². The summed E-state index contributed by atoms with van der Waals surface area (Å²) in [6, 6.07) is 11.8. The van der Waals surface area contributed by atoms with Gasteiger partial charge in [0.1, 0.15) is 11.6 Å². The van der Waals surface area contributed by atoms with Crippen molar-refractivity contribution < 1.29 is 13.6 Å². The number of halogens is 2. The number of para-hydroxylation sites is 1. The summed E-state index contributed by atoms with van der Waals surface area (Å²) in [5, 5.41) is 11.4. The van der Waals surface area contributed by atoms with Crippen molar-refractivity contribution in [3.8, 4) is 6.07 Å². The van der Waals surface area contributed by atoms with E-state index in [4.69, 9.17) is 5.26 Å². The molecule has 1 atom stereocenters. The average molecular weight is 332 g/mol. The largest absolute Gasteiger partial charge is 0.321 e. The lowest BCUT2D eigenvalue weighted by atomic mass is 10.2. The molecule has 6 heteroatoms. The molecule has 0 aliphatic carbocycles. The third-order valence-corrected chi connectivity index (χ3v) is 4.19. The van der Waals surface area contributed by atoms with Crippen molar-refractivity contribution in [2.24, 2.45) is 0 Å². The molecule has 0 heterocycles. The van der Waals surface area contributed by atoms with Crippen LogP contribution < -0.4 is 5.32 Å². The van der Waals surface area contributed by atoms with Crippen LogP contribution in [0.3, 0.4) is 0 Å². The van der Waals surface area contributed by atoms with Gasteiger partial charge < -0.3 is 5.32 Å². The number of thioether (sulfide) groups is 1. The summed E-state index contributed by atoms with van der Waals surface area (Å²) in [4.78, 5) is 12.9. The fourth-order valence-electron chi connectivity index (χ4n) is 1.92. The highest BCUT2D eigenvalue weighted by Gasteiger charge is 2.15. The molecule has 1 N–H and O–H groups in total. The molecule has 0 aliphatic heterocycles. The predicted molar refractivity (Wildman–Crippen MR) is 86.3 cm³/mol. The number of nitrogens with one attached hydrogen (secondary N) is 1. The van der Waals surface area contributed by atoms with Crippen molar-refractivity contribution in [2.45, 2.75) is 23.5 Å². The fraction of sp³-hybridized carbons (Fsp3) is 0.176. The Bertz CT molecular complexity index is 758. The molecule has 0 fully saturated rings. The molecule has 0 saturated heterocycles. The van der Waals surface area contributed by atoms with Crippen molar-refractivity contribution in [3.05, 3.63) is 59.7 Å². The second-order valence-corrected chi connectivity index (χ2v) is 6.35. The first-order chi connectivity index (χ1) is 11.0. The van der Waals surface area contributed by atoms with E-state index in [1.54, 1.807) is 24.3 Å². The Morgan fingerprint density at radius 2 is 2.04 bits per heavy atom. The summed E-state index contributed by atoms with van der Waals surface area (Å²) in [6.45, 7) is 1.90. The Morgan fingerprint density at radius 3 is 2.78 bits per heavy atom.